The van der Waals surface area contributed by atoms with Gasteiger partial charge in [-0.3, -0.25) is 18.7 Å². The van der Waals surface area contributed by atoms with Crippen LogP contribution in [0.15, 0.2) is 50.3 Å². The van der Waals surface area contributed by atoms with E-state index < -0.39 is 11.2 Å². The molecule has 3 aromatic rings. The van der Waals surface area contributed by atoms with Gasteiger partial charge in [-0.15, -0.1) is 10.2 Å². The molecule has 0 spiro atoms. The summed E-state index contributed by atoms with van der Waals surface area (Å²) in [5, 5.41) is 14.5. The standard InChI is InChI=1S/C17H18N6O3S2/c1-22-12(8-14(25)23(2)17(22)26)19-13(24)10-27-16-21-20-15(28-16)18-9-11-6-4-3-5-7-11/h3-8H,9-10H2,1-2H3,(H,18,20)(H,19,24). The lowest BCUT2D eigenvalue weighted by molar-refractivity contribution is -0.113. The zero-order valence-corrected chi connectivity index (χ0v) is 16.8. The van der Waals surface area contributed by atoms with E-state index in [1.165, 1.54) is 47.8 Å². The van der Waals surface area contributed by atoms with Gasteiger partial charge in [-0.1, -0.05) is 53.4 Å². The number of aromatic nitrogens is 4. The van der Waals surface area contributed by atoms with Crippen LogP contribution >= 0.6 is 23.1 Å². The fraction of sp³-hybridized carbons (Fsp3) is 0.235. The number of carbonyl (C=O) groups is 1. The largest absolute Gasteiger partial charge is 0.356 e. The summed E-state index contributed by atoms with van der Waals surface area (Å²) < 4.78 is 2.82. The van der Waals surface area contributed by atoms with Crippen molar-refractivity contribution >= 4 is 40.0 Å². The summed E-state index contributed by atoms with van der Waals surface area (Å²) in [4.78, 5) is 35.7. The number of hydrogen-bond acceptors (Lipinski definition) is 8. The summed E-state index contributed by atoms with van der Waals surface area (Å²) >= 11 is 2.58. The number of rotatable bonds is 7. The fourth-order valence-electron chi connectivity index (χ4n) is 2.27. The predicted molar refractivity (Wildman–Crippen MR) is 110 cm³/mol. The predicted octanol–water partition coefficient (Wildman–Crippen LogP) is 1.28. The van der Waals surface area contributed by atoms with Crippen LogP contribution in [-0.2, 0) is 25.4 Å². The van der Waals surface area contributed by atoms with Crippen molar-refractivity contribution in [3.05, 3.63) is 62.8 Å². The minimum Gasteiger partial charge on any atom is -0.356 e. The van der Waals surface area contributed by atoms with E-state index in [2.05, 4.69) is 20.8 Å². The van der Waals surface area contributed by atoms with Gasteiger partial charge < -0.3 is 10.6 Å². The maximum atomic E-state index is 12.1. The Morgan fingerprint density at radius 3 is 2.64 bits per heavy atom. The molecule has 0 bridgehead atoms. The first-order valence-corrected chi connectivity index (χ1v) is 10.1. The number of amides is 1. The highest BCUT2D eigenvalue weighted by Crippen LogP contribution is 2.25. The summed E-state index contributed by atoms with van der Waals surface area (Å²) in [5.41, 5.74) is 0.143. The molecule has 2 aromatic heterocycles. The third kappa shape index (κ3) is 4.87. The summed E-state index contributed by atoms with van der Waals surface area (Å²) in [6.07, 6.45) is 0. The number of anilines is 2. The van der Waals surface area contributed by atoms with Gasteiger partial charge in [0.05, 0.1) is 5.75 Å². The first-order chi connectivity index (χ1) is 13.4. The van der Waals surface area contributed by atoms with E-state index in [-0.39, 0.29) is 17.5 Å². The molecule has 0 unspecified atom stereocenters. The first-order valence-electron chi connectivity index (χ1n) is 8.25. The van der Waals surface area contributed by atoms with E-state index in [9.17, 15) is 14.4 Å². The molecular formula is C17H18N6O3S2. The molecule has 1 amide bonds. The summed E-state index contributed by atoms with van der Waals surface area (Å²) in [5.74, 6) is -0.111. The van der Waals surface area contributed by atoms with Crippen molar-refractivity contribution in [2.75, 3.05) is 16.4 Å². The van der Waals surface area contributed by atoms with Crippen LogP contribution in [0.2, 0.25) is 0 Å². The van der Waals surface area contributed by atoms with Crippen molar-refractivity contribution in [1.82, 2.24) is 19.3 Å². The van der Waals surface area contributed by atoms with Gasteiger partial charge in [-0.2, -0.15) is 0 Å². The third-order valence-corrected chi connectivity index (χ3v) is 5.83. The minimum atomic E-state index is -0.506. The van der Waals surface area contributed by atoms with Crippen LogP contribution in [-0.4, -0.2) is 31.0 Å². The third-order valence-electron chi connectivity index (χ3n) is 3.81. The molecule has 0 aliphatic carbocycles. The Labute approximate surface area is 168 Å². The van der Waals surface area contributed by atoms with Crippen LogP contribution in [0, 0.1) is 0 Å². The summed E-state index contributed by atoms with van der Waals surface area (Å²) in [6, 6.07) is 11.1. The fourth-order valence-corrected chi connectivity index (χ4v) is 3.82. The molecule has 0 aliphatic heterocycles. The molecular weight excluding hydrogens is 400 g/mol. The highest BCUT2D eigenvalue weighted by Gasteiger charge is 2.11. The molecule has 28 heavy (non-hydrogen) atoms. The lowest BCUT2D eigenvalue weighted by atomic mass is 10.2. The average molecular weight is 419 g/mol. The average Bonchev–Trinajstić information content (AvgIpc) is 3.16. The Morgan fingerprint density at radius 1 is 1.14 bits per heavy atom. The SMILES string of the molecule is Cn1c(NC(=O)CSc2nnc(NCc3ccccc3)s2)cc(=O)n(C)c1=O. The van der Waals surface area contributed by atoms with Gasteiger partial charge in [0.1, 0.15) is 5.82 Å². The van der Waals surface area contributed by atoms with Crippen molar-refractivity contribution in [2.24, 2.45) is 14.1 Å². The molecule has 146 valence electrons. The zero-order chi connectivity index (χ0) is 20.1. The van der Waals surface area contributed by atoms with Gasteiger partial charge >= 0.3 is 5.69 Å². The van der Waals surface area contributed by atoms with Gasteiger partial charge in [0.2, 0.25) is 11.0 Å². The van der Waals surface area contributed by atoms with Gasteiger partial charge in [-0.25, -0.2) is 4.79 Å². The second-order valence-electron chi connectivity index (χ2n) is 5.82. The second kappa shape index (κ2) is 8.85. The van der Waals surface area contributed by atoms with Crippen molar-refractivity contribution in [2.45, 2.75) is 10.9 Å². The van der Waals surface area contributed by atoms with Crippen LogP contribution in [0.3, 0.4) is 0 Å². The van der Waals surface area contributed by atoms with Crippen LogP contribution in [0.25, 0.3) is 0 Å². The molecule has 0 saturated carbocycles. The number of carbonyl (C=O) groups excluding carboxylic acids is 1. The van der Waals surface area contributed by atoms with Gasteiger partial charge in [-0.05, 0) is 5.56 Å². The van der Waals surface area contributed by atoms with E-state index in [0.717, 1.165) is 10.1 Å². The number of nitrogens with zero attached hydrogens (tertiary/aromatic N) is 4. The highest BCUT2D eigenvalue weighted by atomic mass is 32.2. The zero-order valence-electron chi connectivity index (χ0n) is 15.2. The molecule has 0 aliphatic rings. The Hall–Kier alpha value is -2.92. The molecule has 0 saturated heterocycles. The summed E-state index contributed by atoms with van der Waals surface area (Å²) in [6.45, 7) is 0.637. The molecule has 2 N–H and O–H groups in total. The number of thioether (sulfide) groups is 1. The molecule has 3 rings (SSSR count). The number of benzene rings is 1. The Balaban J connectivity index is 1.53. The van der Waals surface area contributed by atoms with Crippen LogP contribution in [0.4, 0.5) is 10.9 Å². The molecule has 0 fully saturated rings. The van der Waals surface area contributed by atoms with Crippen molar-refractivity contribution < 1.29 is 4.79 Å². The monoisotopic (exact) mass is 418 g/mol. The molecule has 0 radical (unpaired) electrons. The minimum absolute atomic E-state index is 0.0801. The van der Waals surface area contributed by atoms with E-state index >= 15 is 0 Å². The quantitative estimate of drug-likeness (QED) is 0.556. The van der Waals surface area contributed by atoms with Crippen LogP contribution in [0.1, 0.15) is 5.56 Å². The second-order valence-corrected chi connectivity index (χ2v) is 8.02. The van der Waals surface area contributed by atoms with Crippen LogP contribution < -0.4 is 21.9 Å². The van der Waals surface area contributed by atoms with Crippen molar-refractivity contribution in [3.63, 3.8) is 0 Å². The van der Waals surface area contributed by atoms with Gasteiger partial charge in [0, 0.05) is 26.7 Å². The van der Waals surface area contributed by atoms with E-state index in [1.807, 2.05) is 30.3 Å². The normalized spacial score (nSPS) is 10.6. The van der Waals surface area contributed by atoms with Gasteiger partial charge in [0.15, 0.2) is 4.34 Å². The lowest BCUT2D eigenvalue weighted by Crippen LogP contribution is -2.38. The highest BCUT2D eigenvalue weighted by molar-refractivity contribution is 8.01. The molecule has 9 nitrogen and oxygen atoms in total. The maximum absolute atomic E-state index is 12.1. The van der Waals surface area contributed by atoms with Crippen molar-refractivity contribution in [3.8, 4) is 0 Å². The smallest absolute Gasteiger partial charge is 0.332 e. The number of nitrogens with one attached hydrogen (secondary N) is 2. The van der Waals surface area contributed by atoms with Gasteiger partial charge in [0.25, 0.3) is 5.56 Å². The van der Waals surface area contributed by atoms with E-state index in [0.29, 0.717) is 16.0 Å². The Bertz CT molecular complexity index is 1090. The Kier molecular flexibility index (Phi) is 6.26. The maximum Gasteiger partial charge on any atom is 0.332 e. The summed E-state index contributed by atoms with van der Waals surface area (Å²) in [7, 11) is 2.87. The first kappa shape index (κ1) is 19.8. The number of hydrogen-bond donors (Lipinski definition) is 2. The van der Waals surface area contributed by atoms with Crippen molar-refractivity contribution in [1.29, 1.82) is 0 Å². The van der Waals surface area contributed by atoms with E-state index in [4.69, 9.17) is 0 Å². The Morgan fingerprint density at radius 2 is 1.89 bits per heavy atom. The molecule has 0 atom stereocenters. The van der Waals surface area contributed by atoms with Crippen LogP contribution in [0.5, 0.6) is 0 Å². The lowest BCUT2D eigenvalue weighted by Gasteiger charge is -2.10. The molecule has 2 heterocycles. The van der Waals surface area contributed by atoms with E-state index in [1.54, 1.807) is 0 Å². The topological polar surface area (TPSA) is 111 Å². The molecule has 1 aromatic carbocycles. The molecule has 11 heteroatoms.